The minimum absolute atomic E-state index is 0.226. The van der Waals surface area contributed by atoms with Crippen LogP contribution in [-0.2, 0) is 22.4 Å². The summed E-state index contributed by atoms with van der Waals surface area (Å²) >= 11 is 0. The van der Waals surface area contributed by atoms with E-state index in [4.69, 9.17) is 4.74 Å². The van der Waals surface area contributed by atoms with Crippen LogP contribution < -0.4 is 0 Å². The van der Waals surface area contributed by atoms with Crippen LogP contribution in [0.5, 0.6) is 0 Å². The van der Waals surface area contributed by atoms with E-state index < -0.39 is 5.60 Å². The summed E-state index contributed by atoms with van der Waals surface area (Å²) in [5.74, 6) is 0. The lowest BCUT2D eigenvalue weighted by Crippen LogP contribution is -2.31. The van der Waals surface area contributed by atoms with Gasteiger partial charge in [0.05, 0.1) is 13.2 Å². The fraction of sp³-hybridized carbons (Fsp3) is 0.250. The number of hydrogen-bond acceptors (Lipinski definition) is 2. The van der Waals surface area contributed by atoms with Gasteiger partial charge >= 0.3 is 0 Å². The van der Waals surface area contributed by atoms with E-state index in [2.05, 4.69) is 25.1 Å². The first-order valence-electron chi connectivity index (χ1n) is 9.11. The molecule has 1 aliphatic carbocycles. The Morgan fingerprint density at radius 3 is 2.08 bits per heavy atom. The van der Waals surface area contributed by atoms with Crippen molar-refractivity contribution in [1.82, 2.24) is 0 Å². The molecule has 2 heteroatoms. The van der Waals surface area contributed by atoms with Gasteiger partial charge < -0.3 is 9.84 Å². The van der Waals surface area contributed by atoms with Crippen molar-refractivity contribution in [1.29, 1.82) is 0 Å². The van der Waals surface area contributed by atoms with Crippen molar-refractivity contribution < 1.29 is 9.84 Å². The maximum absolute atomic E-state index is 11.6. The molecule has 0 aromatic heterocycles. The van der Waals surface area contributed by atoms with Crippen molar-refractivity contribution in [3.8, 4) is 0 Å². The highest BCUT2D eigenvalue weighted by Crippen LogP contribution is 2.51. The molecule has 0 fully saturated rings. The van der Waals surface area contributed by atoms with E-state index in [1.165, 1.54) is 11.1 Å². The first-order valence-corrected chi connectivity index (χ1v) is 9.11. The number of rotatable bonds is 5. The zero-order valence-corrected chi connectivity index (χ0v) is 15.1. The Labute approximate surface area is 155 Å². The summed E-state index contributed by atoms with van der Waals surface area (Å²) < 4.78 is 6.08. The Bertz CT molecular complexity index is 875. The average Bonchev–Trinajstić information content (AvgIpc) is 2.92. The van der Waals surface area contributed by atoms with Gasteiger partial charge in [-0.1, -0.05) is 91.9 Å². The van der Waals surface area contributed by atoms with E-state index in [-0.39, 0.29) is 5.41 Å². The summed E-state index contributed by atoms with van der Waals surface area (Å²) in [6.07, 6.45) is 0.623. The van der Waals surface area contributed by atoms with Gasteiger partial charge in [-0.25, -0.2) is 0 Å². The van der Waals surface area contributed by atoms with Gasteiger partial charge in [0, 0.05) is 5.41 Å². The minimum Gasteiger partial charge on any atom is -0.380 e. The predicted octanol–water partition coefficient (Wildman–Crippen LogP) is 4.80. The SMILES string of the molecule is C[C@]1(COCc2ccccc2)C[C@@](O)(c2ccccc2)c2ccccc21. The van der Waals surface area contributed by atoms with Gasteiger partial charge in [0.1, 0.15) is 5.60 Å². The van der Waals surface area contributed by atoms with Crippen LogP contribution in [0, 0.1) is 0 Å². The van der Waals surface area contributed by atoms with Crippen LogP contribution in [0.4, 0.5) is 0 Å². The van der Waals surface area contributed by atoms with Gasteiger partial charge in [0.2, 0.25) is 0 Å². The highest BCUT2D eigenvalue weighted by Gasteiger charge is 2.49. The molecule has 0 amide bonds. The second-order valence-corrected chi connectivity index (χ2v) is 7.49. The molecule has 0 unspecified atom stereocenters. The van der Waals surface area contributed by atoms with Crippen molar-refractivity contribution >= 4 is 0 Å². The Hall–Kier alpha value is -2.42. The van der Waals surface area contributed by atoms with Crippen LogP contribution in [0.2, 0.25) is 0 Å². The first-order chi connectivity index (χ1) is 12.6. The third-order valence-electron chi connectivity index (χ3n) is 5.45. The Morgan fingerprint density at radius 2 is 1.38 bits per heavy atom. The van der Waals surface area contributed by atoms with Crippen molar-refractivity contribution in [2.75, 3.05) is 6.61 Å². The zero-order valence-electron chi connectivity index (χ0n) is 15.1. The van der Waals surface area contributed by atoms with Gasteiger partial charge in [0.15, 0.2) is 0 Å². The van der Waals surface area contributed by atoms with E-state index in [1.54, 1.807) is 0 Å². The van der Waals surface area contributed by atoms with E-state index in [0.717, 1.165) is 11.1 Å². The third kappa shape index (κ3) is 2.96. The van der Waals surface area contributed by atoms with Crippen LogP contribution in [0.15, 0.2) is 84.9 Å². The Kier molecular flexibility index (Phi) is 4.39. The molecule has 0 radical (unpaired) electrons. The first kappa shape index (κ1) is 17.0. The van der Waals surface area contributed by atoms with Crippen LogP contribution >= 0.6 is 0 Å². The fourth-order valence-electron chi connectivity index (χ4n) is 4.19. The van der Waals surface area contributed by atoms with E-state index in [1.807, 2.05) is 66.7 Å². The minimum atomic E-state index is -0.970. The number of aliphatic hydroxyl groups is 1. The second-order valence-electron chi connectivity index (χ2n) is 7.49. The van der Waals surface area contributed by atoms with Crippen LogP contribution in [0.1, 0.15) is 35.6 Å². The Morgan fingerprint density at radius 1 is 0.808 bits per heavy atom. The molecule has 0 spiro atoms. The van der Waals surface area contributed by atoms with Crippen molar-refractivity contribution in [2.45, 2.75) is 31.0 Å². The molecule has 0 saturated carbocycles. The molecular weight excluding hydrogens is 320 g/mol. The highest BCUT2D eigenvalue weighted by molar-refractivity contribution is 5.50. The van der Waals surface area contributed by atoms with Gasteiger partial charge in [-0.05, 0) is 28.7 Å². The molecular formula is C24H24O2. The molecule has 3 aromatic carbocycles. The highest BCUT2D eigenvalue weighted by atomic mass is 16.5. The van der Waals surface area contributed by atoms with Gasteiger partial charge in [-0.2, -0.15) is 0 Å². The lowest BCUT2D eigenvalue weighted by Gasteiger charge is -2.29. The quantitative estimate of drug-likeness (QED) is 0.720. The standard InChI is InChI=1S/C24H24O2/c1-23(18-26-16-19-10-4-2-5-11-19)17-24(25,20-12-6-3-7-13-20)22-15-9-8-14-21(22)23/h2-15,25H,16-18H2,1H3/t23-,24-/m1/s1. The zero-order chi connectivity index (χ0) is 18.0. The Balaban J connectivity index is 1.61. The lowest BCUT2D eigenvalue weighted by molar-refractivity contribution is 0.0282. The molecule has 1 N–H and O–H groups in total. The summed E-state index contributed by atoms with van der Waals surface area (Å²) in [6, 6.07) is 28.4. The molecule has 132 valence electrons. The number of benzene rings is 3. The molecule has 1 aliphatic rings. The van der Waals surface area contributed by atoms with E-state index in [9.17, 15) is 5.11 Å². The van der Waals surface area contributed by atoms with Crippen LogP contribution in [-0.4, -0.2) is 11.7 Å². The molecule has 0 aliphatic heterocycles. The fourth-order valence-corrected chi connectivity index (χ4v) is 4.19. The molecule has 4 rings (SSSR count). The molecule has 2 nitrogen and oxygen atoms in total. The topological polar surface area (TPSA) is 29.5 Å². The summed E-state index contributed by atoms with van der Waals surface area (Å²) in [5, 5.41) is 11.6. The number of hydrogen-bond donors (Lipinski definition) is 1. The normalized spacial score (nSPS) is 24.4. The molecule has 2 atom stereocenters. The molecule has 0 bridgehead atoms. The largest absolute Gasteiger partial charge is 0.380 e. The summed E-state index contributed by atoms with van der Waals surface area (Å²) in [4.78, 5) is 0. The molecule has 26 heavy (non-hydrogen) atoms. The van der Waals surface area contributed by atoms with E-state index >= 15 is 0 Å². The average molecular weight is 344 g/mol. The van der Waals surface area contributed by atoms with Gasteiger partial charge in [-0.3, -0.25) is 0 Å². The van der Waals surface area contributed by atoms with Crippen molar-refractivity contribution in [3.63, 3.8) is 0 Å². The predicted molar refractivity (Wildman–Crippen MR) is 104 cm³/mol. The molecule has 0 saturated heterocycles. The second kappa shape index (κ2) is 6.71. The molecule has 3 aromatic rings. The van der Waals surface area contributed by atoms with Gasteiger partial charge in [-0.15, -0.1) is 0 Å². The third-order valence-corrected chi connectivity index (χ3v) is 5.45. The maximum atomic E-state index is 11.6. The maximum Gasteiger partial charge on any atom is 0.116 e. The lowest BCUT2D eigenvalue weighted by atomic mass is 9.82. The number of fused-ring (bicyclic) bond motifs is 1. The van der Waals surface area contributed by atoms with Crippen molar-refractivity contribution in [2.24, 2.45) is 0 Å². The summed E-state index contributed by atoms with van der Waals surface area (Å²) in [6.45, 7) is 3.36. The van der Waals surface area contributed by atoms with Crippen LogP contribution in [0.3, 0.4) is 0 Å². The van der Waals surface area contributed by atoms with Gasteiger partial charge in [0.25, 0.3) is 0 Å². The summed E-state index contributed by atoms with van der Waals surface area (Å²) in [7, 11) is 0. The summed E-state index contributed by atoms with van der Waals surface area (Å²) in [5.41, 5.74) is 3.09. The van der Waals surface area contributed by atoms with E-state index in [0.29, 0.717) is 19.6 Å². The van der Waals surface area contributed by atoms with Crippen LogP contribution in [0.25, 0.3) is 0 Å². The van der Waals surface area contributed by atoms with Crippen molar-refractivity contribution in [3.05, 3.63) is 107 Å². The monoisotopic (exact) mass is 344 g/mol. The molecule has 0 heterocycles. The smallest absolute Gasteiger partial charge is 0.116 e. The number of ether oxygens (including phenoxy) is 1.